The van der Waals surface area contributed by atoms with Gasteiger partial charge in [-0.25, -0.2) is 27.0 Å². The number of carbonyl (C=O) groups excluding carboxylic acids is 1. The molecule has 0 radical (unpaired) electrons. The summed E-state index contributed by atoms with van der Waals surface area (Å²) in [5.74, 6) is -0.668. The van der Waals surface area contributed by atoms with E-state index in [-0.39, 0.29) is 42.5 Å². The van der Waals surface area contributed by atoms with Crippen molar-refractivity contribution in [2.24, 2.45) is 5.92 Å². The topological polar surface area (TPSA) is 115 Å². The molecule has 1 aliphatic rings. The Bertz CT molecular complexity index is 957. The van der Waals surface area contributed by atoms with Crippen molar-refractivity contribution in [3.05, 3.63) is 30.7 Å². The molecule has 1 saturated heterocycles. The first-order valence-electron chi connectivity index (χ1n) is 9.28. The van der Waals surface area contributed by atoms with Crippen molar-refractivity contribution in [1.82, 2.24) is 15.0 Å². The van der Waals surface area contributed by atoms with Crippen molar-refractivity contribution >= 4 is 21.7 Å². The Hall–Kier alpha value is -2.76. The predicted molar refractivity (Wildman–Crippen MR) is 102 cm³/mol. The maximum Gasteiger partial charge on any atom is 0.323 e. The number of sulfone groups is 1. The minimum Gasteiger partial charge on any atom is -0.444 e. The maximum absolute atomic E-state index is 15.5. The molecule has 3 heterocycles. The number of urea groups is 1. The van der Waals surface area contributed by atoms with E-state index in [1.54, 1.807) is 0 Å². The molecule has 30 heavy (non-hydrogen) atoms. The van der Waals surface area contributed by atoms with E-state index in [1.807, 2.05) is 0 Å². The SMILES string of the molecule is CC(F)Oc1ccc(S(=O)(=O)[C@@](C)(F)C2CCN(C(=O)Nc3ccon3)CC2)cn1. The molecule has 0 saturated carbocycles. The zero-order valence-corrected chi connectivity index (χ0v) is 17.2. The van der Waals surface area contributed by atoms with Crippen LogP contribution in [0.2, 0.25) is 0 Å². The average molecular weight is 444 g/mol. The first-order valence-corrected chi connectivity index (χ1v) is 10.8. The number of rotatable bonds is 6. The first kappa shape index (κ1) is 21.9. The molecular formula is C18H22F2N4O5S. The molecule has 2 aromatic heterocycles. The summed E-state index contributed by atoms with van der Waals surface area (Å²) in [6, 6.07) is 3.37. The standard InChI is InChI=1S/C18H22F2N4O5S/c1-12(19)29-16-4-3-14(11-21-16)30(26,27)18(2,20)13-5-8-24(9-6-13)17(25)22-15-7-10-28-23-15/h3-4,7,10-13H,5-6,8-9H2,1-2H3,(H,22,23,25)/t12?,18-/m1/s1. The van der Waals surface area contributed by atoms with Gasteiger partial charge in [0, 0.05) is 44.3 Å². The summed E-state index contributed by atoms with van der Waals surface area (Å²) in [5, 5.41) is 3.56. The Kier molecular flexibility index (Phi) is 6.25. The van der Waals surface area contributed by atoms with Crippen LogP contribution < -0.4 is 10.1 Å². The van der Waals surface area contributed by atoms with Crippen molar-refractivity contribution in [2.45, 2.75) is 42.9 Å². The van der Waals surface area contributed by atoms with Crippen molar-refractivity contribution < 1.29 is 31.3 Å². The van der Waals surface area contributed by atoms with E-state index in [1.165, 1.54) is 23.3 Å². The van der Waals surface area contributed by atoms with E-state index >= 15 is 4.39 Å². The van der Waals surface area contributed by atoms with Gasteiger partial charge in [0.15, 0.2) is 5.82 Å². The summed E-state index contributed by atoms with van der Waals surface area (Å²) in [7, 11) is -4.38. The number of halogens is 2. The molecule has 2 aromatic rings. The zero-order chi connectivity index (χ0) is 21.9. The van der Waals surface area contributed by atoms with Crippen LogP contribution in [0.4, 0.5) is 19.4 Å². The van der Waals surface area contributed by atoms with Gasteiger partial charge in [0.2, 0.25) is 27.1 Å². The van der Waals surface area contributed by atoms with Crippen LogP contribution in [0.25, 0.3) is 0 Å². The second-order valence-corrected chi connectivity index (χ2v) is 9.34. The van der Waals surface area contributed by atoms with Gasteiger partial charge >= 0.3 is 6.03 Å². The minimum absolute atomic E-state index is 0.101. The number of carbonyl (C=O) groups is 1. The number of aromatic nitrogens is 2. The maximum atomic E-state index is 15.5. The third-order valence-electron chi connectivity index (χ3n) is 5.01. The van der Waals surface area contributed by atoms with Gasteiger partial charge in [-0.05, 0) is 25.8 Å². The van der Waals surface area contributed by atoms with Crippen molar-refractivity contribution in [3.8, 4) is 5.88 Å². The fourth-order valence-corrected chi connectivity index (χ4v) is 4.85. The normalized spacial score (nSPS) is 18.5. The van der Waals surface area contributed by atoms with Crippen molar-refractivity contribution in [2.75, 3.05) is 18.4 Å². The van der Waals surface area contributed by atoms with Gasteiger partial charge in [0.05, 0.1) is 4.90 Å². The summed E-state index contributed by atoms with van der Waals surface area (Å²) in [6.45, 7) is 2.54. The molecule has 12 heteroatoms. The minimum atomic E-state index is -4.38. The molecule has 3 rings (SSSR count). The third-order valence-corrected chi connectivity index (χ3v) is 7.26. The third kappa shape index (κ3) is 4.53. The molecule has 1 unspecified atom stereocenters. The van der Waals surface area contributed by atoms with Crippen LogP contribution in [0.15, 0.2) is 40.1 Å². The molecule has 0 aliphatic carbocycles. The number of amides is 2. The fourth-order valence-electron chi connectivity index (χ4n) is 3.28. The lowest BCUT2D eigenvalue weighted by molar-refractivity contribution is 0.0808. The van der Waals surface area contributed by atoms with Crippen LogP contribution in [-0.4, -0.2) is 53.9 Å². The van der Waals surface area contributed by atoms with Gasteiger partial charge in [-0.1, -0.05) is 5.16 Å². The summed E-state index contributed by atoms with van der Waals surface area (Å²) in [6.07, 6.45) is 0.968. The highest BCUT2D eigenvalue weighted by atomic mass is 32.2. The van der Waals surface area contributed by atoms with Gasteiger partial charge in [0.1, 0.15) is 6.26 Å². The molecule has 1 aliphatic heterocycles. The summed E-state index contributed by atoms with van der Waals surface area (Å²) in [4.78, 5) is 17.1. The number of hydrogen-bond acceptors (Lipinski definition) is 7. The van der Waals surface area contributed by atoms with Crippen LogP contribution in [0.5, 0.6) is 5.88 Å². The monoisotopic (exact) mass is 444 g/mol. The van der Waals surface area contributed by atoms with Gasteiger partial charge in [-0.3, -0.25) is 5.32 Å². The molecule has 0 spiro atoms. The number of alkyl halides is 2. The Morgan fingerprint density at radius 1 is 1.37 bits per heavy atom. The number of pyridine rings is 1. The van der Waals surface area contributed by atoms with Crippen LogP contribution in [0, 0.1) is 5.92 Å². The number of piperidine rings is 1. The van der Waals surface area contributed by atoms with Gasteiger partial charge in [-0.15, -0.1) is 0 Å². The van der Waals surface area contributed by atoms with Crippen LogP contribution in [0.1, 0.15) is 26.7 Å². The Labute approximate surface area is 172 Å². The highest BCUT2D eigenvalue weighted by Gasteiger charge is 2.48. The summed E-state index contributed by atoms with van der Waals surface area (Å²) >= 11 is 0. The number of nitrogens with zero attached hydrogens (tertiary/aromatic N) is 3. The van der Waals surface area contributed by atoms with Gasteiger partial charge in [0.25, 0.3) is 0 Å². The molecule has 1 fully saturated rings. The Balaban J connectivity index is 1.65. The lowest BCUT2D eigenvalue weighted by Crippen LogP contribution is -2.48. The average Bonchev–Trinajstić information content (AvgIpc) is 3.21. The van der Waals surface area contributed by atoms with Gasteiger partial charge < -0.3 is 14.2 Å². The summed E-state index contributed by atoms with van der Waals surface area (Å²) in [5.41, 5.74) is 0. The van der Waals surface area contributed by atoms with E-state index < -0.39 is 33.1 Å². The summed E-state index contributed by atoms with van der Waals surface area (Å²) < 4.78 is 63.5. The van der Waals surface area contributed by atoms with E-state index in [4.69, 9.17) is 4.74 Å². The van der Waals surface area contributed by atoms with Crippen molar-refractivity contribution in [1.29, 1.82) is 0 Å². The quantitative estimate of drug-likeness (QED) is 0.728. The fraction of sp³-hybridized carbons (Fsp3) is 0.500. The van der Waals surface area contributed by atoms with E-state index in [9.17, 15) is 17.6 Å². The van der Waals surface area contributed by atoms with E-state index in [2.05, 4.69) is 20.0 Å². The predicted octanol–water partition coefficient (Wildman–Crippen LogP) is 3.17. The number of hydrogen-bond donors (Lipinski definition) is 1. The van der Waals surface area contributed by atoms with Crippen LogP contribution in [-0.2, 0) is 9.84 Å². The molecule has 0 aromatic carbocycles. The van der Waals surface area contributed by atoms with Crippen LogP contribution >= 0.6 is 0 Å². The molecule has 2 atom stereocenters. The molecule has 164 valence electrons. The first-order chi connectivity index (χ1) is 14.1. The largest absolute Gasteiger partial charge is 0.444 e. The number of ether oxygens (including phenoxy) is 1. The zero-order valence-electron chi connectivity index (χ0n) is 16.4. The lowest BCUT2D eigenvalue weighted by atomic mass is 9.92. The van der Waals surface area contributed by atoms with E-state index in [0.717, 1.165) is 26.1 Å². The number of likely N-dealkylation sites (tertiary alicyclic amines) is 1. The van der Waals surface area contributed by atoms with Gasteiger partial charge in [-0.2, -0.15) is 0 Å². The smallest absolute Gasteiger partial charge is 0.323 e. The Morgan fingerprint density at radius 2 is 2.07 bits per heavy atom. The highest BCUT2D eigenvalue weighted by molar-refractivity contribution is 7.92. The molecule has 1 N–H and O–H groups in total. The molecule has 9 nitrogen and oxygen atoms in total. The second-order valence-electron chi connectivity index (χ2n) is 7.06. The van der Waals surface area contributed by atoms with Crippen LogP contribution in [0.3, 0.4) is 0 Å². The molecular weight excluding hydrogens is 422 g/mol. The number of anilines is 1. The Morgan fingerprint density at radius 3 is 2.60 bits per heavy atom. The second kappa shape index (κ2) is 8.54. The van der Waals surface area contributed by atoms with E-state index in [0.29, 0.717) is 0 Å². The highest BCUT2D eigenvalue weighted by Crippen LogP contribution is 2.39. The molecule has 2 amide bonds. The van der Waals surface area contributed by atoms with Crippen molar-refractivity contribution in [3.63, 3.8) is 0 Å². The lowest BCUT2D eigenvalue weighted by Gasteiger charge is -2.37. The molecule has 0 bridgehead atoms. The number of nitrogens with one attached hydrogen (secondary N) is 1.